The molecule has 0 bridgehead atoms. The highest BCUT2D eigenvalue weighted by molar-refractivity contribution is 6.03. The Morgan fingerprint density at radius 1 is 1.58 bits per heavy atom. The van der Waals surface area contributed by atoms with E-state index < -0.39 is 29.6 Å². The predicted molar refractivity (Wildman–Crippen MR) is 36.8 cm³/mol. The number of carbonyl (C=O) groups is 3. The van der Waals surface area contributed by atoms with Crippen molar-refractivity contribution in [3.63, 3.8) is 0 Å². The second-order valence-electron chi connectivity index (χ2n) is 2.57. The van der Waals surface area contributed by atoms with Crippen LogP contribution < -0.4 is 11.1 Å². The maximum atomic E-state index is 10.8. The Kier molecular flexibility index (Phi) is 1.99. The van der Waals surface area contributed by atoms with Crippen molar-refractivity contribution < 1.29 is 19.5 Å². The molecular weight excluding hydrogens is 164 g/mol. The van der Waals surface area contributed by atoms with Crippen LogP contribution in [-0.2, 0) is 14.4 Å². The molecule has 0 aromatic rings. The number of carboxylic acids is 1. The number of nitrogens with one attached hydrogen (secondary N) is 1. The van der Waals surface area contributed by atoms with Gasteiger partial charge in [-0.05, 0) is 0 Å². The molecule has 1 heterocycles. The molecule has 1 saturated heterocycles. The van der Waals surface area contributed by atoms with Crippen LogP contribution in [0.4, 0.5) is 0 Å². The van der Waals surface area contributed by atoms with E-state index in [0.717, 1.165) is 0 Å². The molecule has 0 aromatic carbocycles. The molecule has 1 aliphatic rings. The molecule has 2 atom stereocenters. The fourth-order valence-electron chi connectivity index (χ4n) is 1.17. The van der Waals surface area contributed by atoms with Crippen LogP contribution in [0.3, 0.4) is 0 Å². The van der Waals surface area contributed by atoms with E-state index in [0.29, 0.717) is 0 Å². The maximum Gasteiger partial charge on any atom is 0.316 e. The fraction of sp³-hybridized carbons (Fsp3) is 0.500. The third-order valence-corrected chi connectivity index (χ3v) is 1.81. The first-order valence-electron chi connectivity index (χ1n) is 3.34. The van der Waals surface area contributed by atoms with E-state index in [9.17, 15) is 14.4 Å². The first-order chi connectivity index (χ1) is 5.54. The summed E-state index contributed by atoms with van der Waals surface area (Å²) in [4.78, 5) is 31.9. The Balaban J connectivity index is 2.84. The standard InChI is InChI=1S/C6H8N2O4/c7-4(9)2-1-8-5(10)3(2)6(11)12/h2-3H,1H2,(H2,7,9)(H,8,10)(H,11,12)/t2-,3+/m0/s1. The van der Waals surface area contributed by atoms with Gasteiger partial charge in [0, 0.05) is 6.54 Å². The van der Waals surface area contributed by atoms with Crippen LogP contribution in [0, 0.1) is 11.8 Å². The van der Waals surface area contributed by atoms with Crippen molar-refractivity contribution in [2.45, 2.75) is 0 Å². The van der Waals surface area contributed by atoms with Crippen molar-refractivity contribution in [3.05, 3.63) is 0 Å². The first-order valence-corrected chi connectivity index (χ1v) is 3.34. The topological polar surface area (TPSA) is 109 Å². The highest BCUT2D eigenvalue weighted by Crippen LogP contribution is 2.17. The van der Waals surface area contributed by atoms with Crippen molar-refractivity contribution in [3.8, 4) is 0 Å². The van der Waals surface area contributed by atoms with E-state index in [1.807, 2.05) is 0 Å². The number of carbonyl (C=O) groups excluding carboxylic acids is 2. The SMILES string of the molecule is NC(=O)[C@H]1CNC(=O)[C@@H]1C(=O)O. The number of primary amides is 1. The molecule has 0 aromatic heterocycles. The molecule has 4 N–H and O–H groups in total. The van der Waals surface area contributed by atoms with Gasteiger partial charge in [0.25, 0.3) is 0 Å². The van der Waals surface area contributed by atoms with Gasteiger partial charge in [0.15, 0.2) is 0 Å². The predicted octanol–water partition coefficient (Wildman–Crippen LogP) is -2.08. The zero-order chi connectivity index (χ0) is 9.30. The Bertz CT molecular complexity index is 250. The molecule has 1 fully saturated rings. The molecule has 2 amide bonds. The average molecular weight is 172 g/mol. The van der Waals surface area contributed by atoms with Crippen LogP contribution in [0.25, 0.3) is 0 Å². The lowest BCUT2D eigenvalue weighted by Gasteiger charge is -2.06. The minimum atomic E-state index is -1.32. The van der Waals surface area contributed by atoms with Crippen LogP contribution in [0.2, 0.25) is 0 Å². The van der Waals surface area contributed by atoms with Crippen LogP contribution in [0.15, 0.2) is 0 Å². The van der Waals surface area contributed by atoms with E-state index in [2.05, 4.69) is 5.32 Å². The normalized spacial score (nSPS) is 28.2. The summed E-state index contributed by atoms with van der Waals surface area (Å²) in [5, 5.41) is 10.8. The summed E-state index contributed by atoms with van der Waals surface area (Å²) in [6, 6.07) is 0. The van der Waals surface area contributed by atoms with Gasteiger partial charge in [-0.1, -0.05) is 0 Å². The lowest BCUT2D eigenvalue weighted by atomic mass is 9.95. The number of rotatable bonds is 2. The quantitative estimate of drug-likeness (QED) is 0.415. The largest absolute Gasteiger partial charge is 0.481 e. The molecule has 66 valence electrons. The molecule has 6 nitrogen and oxygen atoms in total. The molecule has 0 radical (unpaired) electrons. The van der Waals surface area contributed by atoms with E-state index >= 15 is 0 Å². The van der Waals surface area contributed by atoms with Gasteiger partial charge in [0.2, 0.25) is 11.8 Å². The van der Waals surface area contributed by atoms with Gasteiger partial charge in [-0.2, -0.15) is 0 Å². The molecule has 0 saturated carbocycles. The molecule has 0 unspecified atom stereocenters. The smallest absolute Gasteiger partial charge is 0.316 e. The molecule has 1 rings (SSSR count). The van der Waals surface area contributed by atoms with Gasteiger partial charge in [0.05, 0.1) is 5.92 Å². The number of hydrogen-bond donors (Lipinski definition) is 3. The molecule has 1 aliphatic heterocycles. The van der Waals surface area contributed by atoms with Gasteiger partial charge in [-0.25, -0.2) is 0 Å². The summed E-state index contributed by atoms with van der Waals surface area (Å²) in [6.07, 6.45) is 0. The van der Waals surface area contributed by atoms with Gasteiger partial charge in [-0.3, -0.25) is 14.4 Å². The Hall–Kier alpha value is -1.59. The van der Waals surface area contributed by atoms with Crippen LogP contribution >= 0.6 is 0 Å². The minimum absolute atomic E-state index is 0.0190. The lowest BCUT2D eigenvalue weighted by Crippen LogP contribution is -2.34. The molecule has 6 heteroatoms. The minimum Gasteiger partial charge on any atom is -0.481 e. The van der Waals surface area contributed by atoms with E-state index in [1.165, 1.54) is 0 Å². The second-order valence-corrected chi connectivity index (χ2v) is 2.57. The van der Waals surface area contributed by atoms with Gasteiger partial charge >= 0.3 is 5.97 Å². The molecule has 0 aliphatic carbocycles. The number of hydrogen-bond acceptors (Lipinski definition) is 3. The summed E-state index contributed by atoms with van der Waals surface area (Å²) in [5.74, 6) is -4.96. The van der Waals surface area contributed by atoms with E-state index in [1.54, 1.807) is 0 Å². The Labute approximate surface area is 67.7 Å². The van der Waals surface area contributed by atoms with Crippen LogP contribution in [0.1, 0.15) is 0 Å². The molecule has 0 spiro atoms. The molecular formula is C6H8N2O4. The number of nitrogens with two attached hydrogens (primary N) is 1. The van der Waals surface area contributed by atoms with Crippen molar-refractivity contribution in [1.82, 2.24) is 5.32 Å². The first kappa shape index (κ1) is 8.51. The van der Waals surface area contributed by atoms with Crippen molar-refractivity contribution in [1.29, 1.82) is 0 Å². The van der Waals surface area contributed by atoms with Crippen molar-refractivity contribution in [2.75, 3.05) is 6.54 Å². The number of carboxylic acid groups (broad SMARTS) is 1. The average Bonchev–Trinajstić information content (AvgIpc) is 2.30. The van der Waals surface area contributed by atoms with Crippen molar-refractivity contribution in [2.24, 2.45) is 17.6 Å². The zero-order valence-electron chi connectivity index (χ0n) is 6.11. The second kappa shape index (κ2) is 2.80. The monoisotopic (exact) mass is 172 g/mol. The summed E-state index contributed by atoms with van der Waals surface area (Å²) >= 11 is 0. The third-order valence-electron chi connectivity index (χ3n) is 1.81. The highest BCUT2D eigenvalue weighted by atomic mass is 16.4. The summed E-state index contributed by atoms with van der Waals surface area (Å²) in [7, 11) is 0. The van der Waals surface area contributed by atoms with E-state index in [4.69, 9.17) is 10.8 Å². The Morgan fingerprint density at radius 2 is 2.17 bits per heavy atom. The summed E-state index contributed by atoms with van der Waals surface area (Å²) in [6.45, 7) is 0.0190. The lowest BCUT2D eigenvalue weighted by molar-refractivity contribution is -0.149. The summed E-state index contributed by atoms with van der Waals surface area (Å²) in [5.41, 5.74) is 4.89. The van der Waals surface area contributed by atoms with Crippen molar-refractivity contribution >= 4 is 17.8 Å². The van der Waals surface area contributed by atoms with E-state index in [-0.39, 0.29) is 6.54 Å². The fourth-order valence-corrected chi connectivity index (χ4v) is 1.17. The third kappa shape index (κ3) is 1.23. The van der Waals surface area contributed by atoms with Crippen LogP contribution in [-0.4, -0.2) is 29.4 Å². The maximum absolute atomic E-state index is 10.8. The highest BCUT2D eigenvalue weighted by Gasteiger charge is 2.43. The zero-order valence-corrected chi connectivity index (χ0v) is 6.11. The van der Waals surface area contributed by atoms with Gasteiger partial charge < -0.3 is 16.2 Å². The molecule has 12 heavy (non-hydrogen) atoms. The van der Waals surface area contributed by atoms with Gasteiger partial charge in [0.1, 0.15) is 5.92 Å². The summed E-state index contributed by atoms with van der Waals surface area (Å²) < 4.78 is 0. The number of aliphatic carboxylic acids is 1. The Morgan fingerprint density at radius 3 is 2.50 bits per heavy atom. The van der Waals surface area contributed by atoms with Crippen LogP contribution in [0.5, 0.6) is 0 Å². The number of amides is 2. The van der Waals surface area contributed by atoms with Gasteiger partial charge in [-0.15, -0.1) is 0 Å².